The number of benzene rings is 1. The quantitative estimate of drug-likeness (QED) is 0.502. The molecule has 0 heterocycles. The van der Waals surface area contributed by atoms with E-state index in [1.807, 2.05) is 0 Å². The van der Waals surface area contributed by atoms with Crippen molar-refractivity contribution in [2.75, 3.05) is 0 Å². The van der Waals surface area contributed by atoms with Crippen LogP contribution in [0.4, 0.5) is 0 Å². The summed E-state index contributed by atoms with van der Waals surface area (Å²) in [7, 11) is -4.45. The Morgan fingerprint density at radius 3 is 2.44 bits per heavy atom. The average molecular weight is 268 g/mol. The summed E-state index contributed by atoms with van der Waals surface area (Å²) in [5, 5.41) is 0. The molecular weight excluding hydrogens is 256 g/mol. The first kappa shape index (κ1) is 14.1. The zero-order valence-corrected chi connectivity index (χ0v) is 10.3. The molecule has 0 saturated carbocycles. The minimum atomic E-state index is -4.45. The van der Waals surface area contributed by atoms with Gasteiger partial charge in [-0.2, -0.15) is 8.42 Å². The van der Waals surface area contributed by atoms with Gasteiger partial charge in [-0.1, -0.05) is 36.9 Å². The highest BCUT2D eigenvalue weighted by atomic mass is 32.2. The summed E-state index contributed by atoms with van der Waals surface area (Å²) in [4.78, 5) is 10.8. The third-order valence-electron chi connectivity index (χ3n) is 1.99. The Morgan fingerprint density at radius 2 is 1.94 bits per heavy atom. The number of hydrogen-bond donors (Lipinski definition) is 1. The summed E-state index contributed by atoms with van der Waals surface area (Å²) in [6, 6.07) is 8.45. The van der Waals surface area contributed by atoms with E-state index in [1.54, 1.807) is 30.3 Å². The molecule has 1 aromatic carbocycles. The maximum atomic E-state index is 11.2. The summed E-state index contributed by atoms with van der Waals surface area (Å²) in [5.41, 5.74) is 0.552. The fraction of sp³-hybridized carbons (Fsp3) is 0.0833. The Balaban J connectivity index is 3.04. The van der Waals surface area contributed by atoms with Crippen molar-refractivity contribution in [3.8, 4) is 0 Å². The first-order chi connectivity index (χ1) is 8.43. The van der Waals surface area contributed by atoms with Crippen molar-refractivity contribution in [2.24, 2.45) is 0 Å². The molecule has 0 spiro atoms. The van der Waals surface area contributed by atoms with E-state index < -0.39 is 27.4 Å². The summed E-state index contributed by atoms with van der Waals surface area (Å²) >= 11 is 0. The summed E-state index contributed by atoms with van der Waals surface area (Å²) in [5.74, 6) is -0.815. The van der Waals surface area contributed by atoms with Crippen molar-refractivity contribution in [2.45, 2.75) is 6.42 Å². The van der Waals surface area contributed by atoms with Gasteiger partial charge in [0.15, 0.2) is 0 Å². The number of carbonyl (C=O) groups excluding carboxylic acids is 1. The molecule has 0 amide bonds. The number of hydrogen-bond acceptors (Lipinski definition) is 4. The Kier molecular flexibility index (Phi) is 4.82. The molecule has 0 aromatic heterocycles. The molecular formula is C12H12O5S. The van der Waals surface area contributed by atoms with Crippen LogP contribution in [0, 0.1) is 0 Å². The second kappa shape index (κ2) is 6.13. The van der Waals surface area contributed by atoms with Crippen molar-refractivity contribution in [1.82, 2.24) is 0 Å². The van der Waals surface area contributed by atoms with Gasteiger partial charge in [-0.05, 0) is 11.6 Å². The van der Waals surface area contributed by atoms with Crippen LogP contribution < -0.4 is 0 Å². The lowest BCUT2D eigenvalue weighted by molar-refractivity contribution is -0.137. The van der Waals surface area contributed by atoms with Crippen molar-refractivity contribution in [1.29, 1.82) is 0 Å². The second-order valence-electron chi connectivity index (χ2n) is 3.33. The number of ether oxygens (including phenoxy) is 1. The van der Waals surface area contributed by atoms with E-state index in [1.165, 1.54) is 6.08 Å². The van der Waals surface area contributed by atoms with Crippen LogP contribution in [0.1, 0.15) is 12.0 Å². The third-order valence-corrected chi connectivity index (χ3v) is 2.92. The predicted octanol–water partition coefficient (Wildman–Crippen LogP) is 1.99. The molecule has 1 aromatic rings. The first-order valence-corrected chi connectivity index (χ1v) is 6.41. The van der Waals surface area contributed by atoms with Gasteiger partial charge in [0.05, 0.1) is 17.6 Å². The van der Waals surface area contributed by atoms with Crippen molar-refractivity contribution in [3.63, 3.8) is 0 Å². The van der Waals surface area contributed by atoms with Crippen LogP contribution in [-0.4, -0.2) is 18.9 Å². The maximum absolute atomic E-state index is 11.2. The number of rotatable bonds is 5. The molecule has 5 nitrogen and oxygen atoms in total. The van der Waals surface area contributed by atoms with E-state index in [9.17, 15) is 13.2 Å². The minimum Gasteiger partial charge on any atom is -0.435 e. The Hall–Kier alpha value is -1.92. The highest BCUT2D eigenvalue weighted by molar-refractivity contribution is 7.90. The third kappa shape index (κ3) is 4.52. The van der Waals surface area contributed by atoms with Crippen LogP contribution >= 0.6 is 0 Å². The topological polar surface area (TPSA) is 80.7 Å². The van der Waals surface area contributed by atoms with Gasteiger partial charge in [-0.15, -0.1) is 0 Å². The van der Waals surface area contributed by atoms with Crippen molar-refractivity contribution < 1.29 is 22.5 Å². The molecule has 0 aliphatic heterocycles. The number of esters is 1. The van der Waals surface area contributed by atoms with E-state index in [0.717, 1.165) is 6.26 Å². The number of carbonyl (C=O) groups is 1. The lowest BCUT2D eigenvalue weighted by atomic mass is 10.2. The van der Waals surface area contributed by atoms with Crippen LogP contribution in [0.3, 0.4) is 0 Å². The van der Waals surface area contributed by atoms with Crippen molar-refractivity contribution in [3.05, 3.63) is 53.6 Å². The van der Waals surface area contributed by atoms with E-state index in [4.69, 9.17) is 4.55 Å². The van der Waals surface area contributed by atoms with Crippen LogP contribution in [-0.2, 0) is 19.6 Å². The molecule has 0 fully saturated rings. The fourth-order valence-electron chi connectivity index (χ4n) is 1.23. The van der Waals surface area contributed by atoms with Gasteiger partial charge in [0, 0.05) is 0 Å². The minimum absolute atomic E-state index is 0.430. The fourth-order valence-corrected chi connectivity index (χ4v) is 1.81. The van der Waals surface area contributed by atoms with E-state index >= 15 is 0 Å². The maximum Gasteiger partial charge on any atom is 0.315 e. The highest BCUT2D eigenvalue weighted by Gasteiger charge is 2.18. The molecule has 18 heavy (non-hydrogen) atoms. The van der Waals surface area contributed by atoms with Gasteiger partial charge >= 0.3 is 5.97 Å². The lowest BCUT2D eigenvalue weighted by Crippen LogP contribution is -2.09. The highest BCUT2D eigenvalue weighted by Crippen LogP contribution is 2.15. The van der Waals surface area contributed by atoms with E-state index in [2.05, 4.69) is 11.3 Å². The first-order valence-electron chi connectivity index (χ1n) is 4.97. The monoisotopic (exact) mass is 268 g/mol. The Morgan fingerprint density at radius 1 is 1.33 bits per heavy atom. The van der Waals surface area contributed by atoms with E-state index in [-0.39, 0.29) is 0 Å². The molecule has 0 saturated heterocycles. The zero-order chi connectivity index (χ0) is 13.6. The Bertz CT molecular complexity index is 557. The molecule has 0 atom stereocenters. The summed E-state index contributed by atoms with van der Waals surface area (Å²) in [6.45, 7) is 3.18. The average Bonchev–Trinajstić information content (AvgIpc) is 2.28. The SMILES string of the molecule is C=COC(=O)CC(=Cc1ccccc1)S(=O)(=O)O. The second-order valence-corrected chi connectivity index (χ2v) is 4.80. The largest absolute Gasteiger partial charge is 0.435 e. The van der Waals surface area contributed by atoms with Gasteiger partial charge in [0.2, 0.25) is 0 Å². The predicted molar refractivity (Wildman–Crippen MR) is 66.9 cm³/mol. The van der Waals surface area contributed by atoms with Gasteiger partial charge in [-0.25, -0.2) is 0 Å². The van der Waals surface area contributed by atoms with Crippen LogP contribution in [0.5, 0.6) is 0 Å². The van der Waals surface area contributed by atoms with Crippen LogP contribution in [0.2, 0.25) is 0 Å². The van der Waals surface area contributed by atoms with Crippen molar-refractivity contribution >= 4 is 22.2 Å². The normalized spacial score (nSPS) is 11.9. The van der Waals surface area contributed by atoms with Gasteiger partial charge < -0.3 is 4.74 Å². The summed E-state index contributed by atoms with van der Waals surface area (Å²) in [6.07, 6.45) is 1.55. The molecule has 0 bridgehead atoms. The Labute approximate surface area is 105 Å². The molecule has 6 heteroatoms. The van der Waals surface area contributed by atoms with Crippen LogP contribution in [0.25, 0.3) is 6.08 Å². The molecule has 96 valence electrons. The van der Waals surface area contributed by atoms with Gasteiger partial charge in [0.25, 0.3) is 10.1 Å². The molecule has 0 aliphatic carbocycles. The standard InChI is InChI=1S/C12H12O5S/c1-2-17-12(13)9-11(18(14,15)16)8-10-6-4-3-5-7-10/h2-8H,1,9H2,(H,14,15,16). The van der Waals surface area contributed by atoms with Crippen LogP contribution in [0.15, 0.2) is 48.1 Å². The lowest BCUT2D eigenvalue weighted by Gasteiger charge is -2.03. The zero-order valence-electron chi connectivity index (χ0n) is 9.44. The summed E-state index contributed by atoms with van der Waals surface area (Å²) < 4.78 is 35.7. The molecule has 0 unspecified atom stereocenters. The van der Waals surface area contributed by atoms with Gasteiger partial charge in [0.1, 0.15) is 0 Å². The molecule has 1 N–H and O–H groups in total. The van der Waals surface area contributed by atoms with E-state index in [0.29, 0.717) is 5.56 Å². The molecule has 0 radical (unpaired) electrons. The molecule has 0 aliphatic rings. The van der Waals surface area contributed by atoms with Gasteiger partial charge in [-0.3, -0.25) is 9.35 Å². The molecule has 1 rings (SSSR count). The smallest absolute Gasteiger partial charge is 0.315 e.